The molecule has 6 nitrogen and oxygen atoms in total. The Morgan fingerprint density at radius 1 is 1.19 bits per heavy atom. The summed E-state index contributed by atoms with van der Waals surface area (Å²) in [5, 5.41) is 3.06. The number of hydrogen-bond donors (Lipinski definition) is 1. The van der Waals surface area contributed by atoms with Gasteiger partial charge in [0.25, 0.3) is 5.91 Å². The monoisotopic (exact) mass is 554 g/mol. The zero-order valence-corrected chi connectivity index (χ0v) is 22.6. The summed E-state index contributed by atoms with van der Waals surface area (Å²) < 4.78 is 12.8. The average molecular weight is 556 g/mol. The Kier molecular flexibility index (Phi) is 9.08. The minimum absolute atomic E-state index is 0.0131. The first-order valence-electron chi connectivity index (χ1n) is 12.9. The van der Waals surface area contributed by atoms with Crippen LogP contribution in [0.25, 0.3) is 6.08 Å². The van der Waals surface area contributed by atoms with Crippen molar-refractivity contribution in [2.75, 3.05) is 13.2 Å². The molecular formula is C29H35BrN2O4. The molecule has 192 valence electrons. The Labute approximate surface area is 222 Å². The molecule has 3 atom stereocenters. The molecule has 1 saturated heterocycles. The summed E-state index contributed by atoms with van der Waals surface area (Å²) in [6, 6.07) is 15.3. The highest BCUT2D eigenvalue weighted by atomic mass is 79.9. The second-order valence-electron chi connectivity index (χ2n) is 9.53. The summed E-state index contributed by atoms with van der Waals surface area (Å²) in [5.74, 6) is 0.720. The van der Waals surface area contributed by atoms with Crippen LogP contribution >= 0.6 is 15.9 Å². The molecule has 0 radical (unpaired) electrons. The van der Waals surface area contributed by atoms with Gasteiger partial charge in [0.2, 0.25) is 5.91 Å². The summed E-state index contributed by atoms with van der Waals surface area (Å²) in [4.78, 5) is 28.2. The predicted octanol–water partition coefficient (Wildman–Crippen LogP) is 6.02. The van der Waals surface area contributed by atoms with E-state index in [1.165, 1.54) is 0 Å². The molecule has 2 amide bonds. The molecule has 3 unspecified atom stereocenters. The van der Waals surface area contributed by atoms with Gasteiger partial charge in [0, 0.05) is 4.47 Å². The Morgan fingerprint density at radius 3 is 2.69 bits per heavy atom. The molecule has 7 heteroatoms. The number of halogens is 1. The van der Waals surface area contributed by atoms with Crippen molar-refractivity contribution in [1.82, 2.24) is 10.2 Å². The molecule has 1 aliphatic heterocycles. The van der Waals surface area contributed by atoms with Gasteiger partial charge in [-0.05, 0) is 68.0 Å². The van der Waals surface area contributed by atoms with Crippen LogP contribution in [0, 0.1) is 0 Å². The van der Waals surface area contributed by atoms with Crippen molar-refractivity contribution in [3.63, 3.8) is 0 Å². The number of morpholine rings is 1. The highest BCUT2D eigenvalue weighted by Gasteiger charge is 2.42. The zero-order valence-electron chi connectivity index (χ0n) is 21.0. The number of amides is 2. The van der Waals surface area contributed by atoms with Gasteiger partial charge in [-0.3, -0.25) is 9.59 Å². The third-order valence-corrected chi connectivity index (χ3v) is 7.57. The van der Waals surface area contributed by atoms with E-state index in [-0.39, 0.29) is 36.5 Å². The highest BCUT2D eigenvalue weighted by Crippen LogP contribution is 2.34. The lowest BCUT2D eigenvalue weighted by Crippen LogP contribution is -2.57. The van der Waals surface area contributed by atoms with Gasteiger partial charge in [-0.1, -0.05) is 66.0 Å². The number of carbonyl (C=O) groups is 2. The second kappa shape index (κ2) is 12.4. The number of rotatable bonds is 9. The quantitative estimate of drug-likeness (QED) is 0.304. The molecule has 1 N–H and O–H groups in total. The maximum Gasteiger partial charge on any atom is 0.289 e. The van der Waals surface area contributed by atoms with Crippen molar-refractivity contribution < 1.29 is 19.1 Å². The van der Waals surface area contributed by atoms with Crippen LogP contribution in [0.15, 0.2) is 58.8 Å². The lowest BCUT2D eigenvalue weighted by molar-refractivity contribution is -0.152. The fraction of sp³-hybridized carbons (Fsp3) is 0.448. The third kappa shape index (κ3) is 6.49. The second-order valence-corrected chi connectivity index (χ2v) is 10.4. The number of benzene rings is 2. The Morgan fingerprint density at radius 2 is 1.94 bits per heavy atom. The molecule has 1 aliphatic carbocycles. The van der Waals surface area contributed by atoms with E-state index in [1.54, 1.807) is 11.0 Å². The lowest BCUT2D eigenvalue weighted by atomic mass is 9.89. The van der Waals surface area contributed by atoms with E-state index in [2.05, 4.69) is 28.2 Å². The molecule has 2 aromatic rings. The van der Waals surface area contributed by atoms with Crippen molar-refractivity contribution in [2.45, 2.75) is 70.6 Å². The Hall–Kier alpha value is -2.80. The molecule has 2 fully saturated rings. The molecule has 2 aromatic carbocycles. The maximum atomic E-state index is 13.5. The van der Waals surface area contributed by atoms with E-state index < -0.39 is 0 Å². The molecule has 1 heterocycles. The Balaban J connectivity index is 1.43. The van der Waals surface area contributed by atoms with Crippen LogP contribution in [0.3, 0.4) is 0 Å². The van der Waals surface area contributed by atoms with Crippen molar-refractivity contribution in [1.29, 1.82) is 0 Å². The molecule has 0 aromatic heterocycles. The highest BCUT2D eigenvalue weighted by molar-refractivity contribution is 9.10. The smallest absolute Gasteiger partial charge is 0.289 e. The van der Waals surface area contributed by atoms with Gasteiger partial charge < -0.3 is 19.7 Å². The van der Waals surface area contributed by atoms with E-state index in [4.69, 9.17) is 9.47 Å². The number of unbranched alkanes of at least 4 members (excludes halogenated alkanes) is 1. The standard InChI is InChI=1S/C29H35BrN2O4/c1-3-4-17-35-23-15-13-21(14-16-23)20(2)31-28(33)19-32-25-11-7-8-12-26(25)36-27(29(32)34)18-22-9-5-6-10-24(22)30/h5-6,9-10,13-16,18,20,25-26H,3-4,7-8,11-12,17,19H2,1-2H3,(H,31,33)/b27-18+. The SMILES string of the molecule is CCCCOc1ccc(C(C)NC(=O)CN2C(=O)/C(=C\c3ccccc3Br)OC3CCCCC32)cc1. The van der Waals surface area contributed by atoms with Crippen molar-refractivity contribution in [3.05, 3.63) is 69.9 Å². The third-order valence-electron chi connectivity index (χ3n) is 6.85. The lowest BCUT2D eigenvalue weighted by Gasteiger charge is -2.44. The van der Waals surface area contributed by atoms with Crippen LogP contribution in [0.1, 0.15) is 69.5 Å². The summed E-state index contributed by atoms with van der Waals surface area (Å²) in [6.45, 7) is 4.80. The minimum Gasteiger partial charge on any atom is -0.494 e. The summed E-state index contributed by atoms with van der Waals surface area (Å²) in [5.41, 5.74) is 1.86. The normalized spacial score (nSPS) is 21.5. The van der Waals surface area contributed by atoms with Crippen molar-refractivity contribution in [3.8, 4) is 5.75 Å². The fourth-order valence-electron chi connectivity index (χ4n) is 4.81. The van der Waals surface area contributed by atoms with Gasteiger partial charge in [0.15, 0.2) is 5.76 Å². The predicted molar refractivity (Wildman–Crippen MR) is 144 cm³/mol. The van der Waals surface area contributed by atoms with Gasteiger partial charge >= 0.3 is 0 Å². The molecule has 36 heavy (non-hydrogen) atoms. The summed E-state index contributed by atoms with van der Waals surface area (Å²) >= 11 is 3.54. The van der Waals surface area contributed by atoms with Crippen LogP contribution in [-0.2, 0) is 14.3 Å². The van der Waals surface area contributed by atoms with E-state index >= 15 is 0 Å². The molecule has 2 aliphatic rings. The topological polar surface area (TPSA) is 67.9 Å². The van der Waals surface area contributed by atoms with Crippen LogP contribution in [-0.4, -0.2) is 42.0 Å². The van der Waals surface area contributed by atoms with Crippen LogP contribution in [0.2, 0.25) is 0 Å². The molecular weight excluding hydrogens is 520 g/mol. The van der Waals surface area contributed by atoms with Gasteiger partial charge in [0.1, 0.15) is 18.4 Å². The summed E-state index contributed by atoms with van der Waals surface area (Å²) in [6.07, 6.45) is 7.62. The molecule has 1 saturated carbocycles. The molecule has 4 rings (SSSR count). The number of nitrogens with zero attached hydrogens (tertiary/aromatic N) is 1. The number of fused-ring (bicyclic) bond motifs is 1. The zero-order chi connectivity index (χ0) is 25.5. The molecule has 0 spiro atoms. The van der Waals surface area contributed by atoms with E-state index in [1.807, 2.05) is 55.5 Å². The molecule has 0 bridgehead atoms. The minimum atomic E-state index is -0.231. The van der Waals surface area contributed by atoms with E-state index in [9.17, 15) is 9.59 Å². The maximum absolute atomic E-state index is 13.5. The van der Waals surface area contributed by atoms with Gasteiger partial charge in [-0.2, -0.15) is 0 Å². The van der Waals surface area contributed by atoms with Crippen LogP contribution in [0.4, 0.5) is 0 Å². The number of ether oxygens (including phenoxy) is 2. The first-order chi connectivity index (χ1) is 17.5. The van der Waals surface area contributed by atoms with Crippen LogP contribution < -0.4 is 10.1 Å². The number of nitrogens with one attached hydrogen (secondary N) is 1. The number of carbonyl (C=O) groups excluding carboxylic acids is 2. The first kappa shape index (κ1) is 26.3. The Bertz CT molecular complexity index is 1080. The number of hydrogen-bond acceptors (Lipinski definition) is 4. The largest absolute Gasteiger partial charge is 0.494 e. The van der Waals surface area contributed by atoms with Gasteiger partial charge in [-0.15, -0.1) is 0 Å². The van der Waals surface area contributed by atoms with Crippen molar-refractivity contribution in [2.24, 2.45) is 0 Å². The van der Waals surface area contributed by atoms with E-state index in [0.29, 0.717) is 12.4 Å². The van der Waals surface area contributed by atoms with Gasteiger partial charge in [-0.25, -0.2) is 0 Å². The van der Waals surface area contributed by atoms with Gasteiger partial charge in [0.05, 0.1) is 18.7 Å². The summed E-state index contributed by atoms with van der Waals surface area (Å²) in [7, 11) is 0. The van der Waals surface area contributed by atoms with E-state index in [0.717, 1.165) is 59.9 Å². The fourth-order valence-corrected chi connectivity index (χ4v) is 5.21. The average Bonchev–Trinajstić information content (AvgIpc) is 2.88. The van der Waals surface area contributed by atoms with Crippen molar-refractivity contribution >= 4 is 33.8 Å². The van der Waals surface area contributed by atoms with Crippen LogP contribution in [0.5, 0.6) is 5.75 Å². The first-order valence-corrected chi connectivity index (χ1v) is 13.7.